The topological polar surface area (TPSA) is 120 Å². The van der Waals surface area contributed by atoms with E-state index in [0.717, 1.165) is 70.7 Å². The van der Waals surface area contributed by atoms with E-state index in [1.807, 2.05) is 40.1 Å². The first-order valence-electron chi connectivity index (χ1n) is 16.3. The van der Waals surface area contributed by atoms with Crippen molar-refractivity contribution in [1.29, 1.82) is 0 Å². The van der Waals surface area contributed by atoms with Crippen molar-refractivity contribution in [3.8, 4) is 11.3 Å². The lowest BCUT2D eigenvalue weighted by molar-refractivity contribution is -0.135. The number of amides is 3. The zero-order chi connectivity index (χ0) is 32.4. The maximum atomic E-state index is 14.1. The Labute approximate surface area is 290 Å². The van der Waals surface area contributed by atoms with E-state index < -0.39 is 6.04 Å². The minimum Gasteiger partial charge on any atom is -0.397 e. The Morgan fingerprint density at radius 1 is 0.978 bits per heavy atom. The summed E-state index contributed by atoms with van der Waals surface area (Å²) in [5, 5.41) is 7.11. The molecule has 0 bridgehead atoms. The summed E-state index contributed by atoms with van der Waals surface area (Å²) in [4.78, 5) is 49.6. The van der Waals surface area contributed by atoms with E-state index in [9.17, 15) is 14.4 Å². The number of hydrogen-bond acceptors (Lipinski definition) is 6. The van der Waals surface area contributed by atoms with Gasteiger partial charge in [0.25, 0.3) is 0 Å². The monoisotopic (exact) mass is 775 g/mol. The predicted octanol–water partition coefficient (Wildman–Crippen LogP) is 5.55. The lowest BCUT2D eigenvalue weighted by atomic mass is 9.79. The van der Waals surface area contributed by atoms with Crippen LogP contribution >= 0.6 is 43.2 Å². The molecule has 6 rings (SSSR count). The van der Waals surface area contributed by atoms with Gasteiger partial charge in [-0.1, -0.05) is 0 Å². The number of carbonyl (C=O) groups excluding carboxylic acids is 2. The van der Waals surface area contributed by atoms with Gasteiger partial charge in [0.05, 0.1) is 11.4 Å². The fourth-order valence-electron chi connectivity index (χ4n) is 7.33. The number of nitrogens with two attached hydrogens (primary N) is 1. The van der Waals surface area contributed by atoms with Gasteiger partial charge < -0.3 is 30.7 Å². The van der Waals surface area contributed by atoms with Crippen LogP contribution in [-0.2, 0) is 11.2 Å². The van der Waals surface area contributed by atoms with E-state index in [4.69, 9.17) is 5.73 Å². The molecule has 3 fully saturated rings. The number of H-pyrrole nitrogens is 1. The Morgan fingerprint density at radius 2 is 1.59 bits per heavy atom. The first kappa shape index (κ1) is 33.3. The van der Waals surface area contributed by atoms with E-state index in [0.29, 0.717) is 44.0 Å². The van der Waals surface area contributed by atoms with E-state index in [2.05, 4.69) is 54.1 Å². The van der Waals surface area contributed by atoms with Crippen LogP contribution in [0, 0.1) is 11.8 Å². The third-order valence-corrected chi connectivity index (χ3v) is 12.2. The average Bonchev–Trinajstić information content (AvgIpc) is 3.74. The van der Waals surface area contributed by atoms with Gasteiger partial charge in [0.2, 0.25) is 5.91 Å². The largest absolute Gasteiger partial charge is 0.397 e. The maximum absolute atomic E-state index is 14.1. The number of rotatable bonds is 7. The van der Waals surface area contributed by atoms with Crippen LogP contribution in [0.2, 0.25) is 0 Å². The van der Waals surface area contributed by atoms with Crippen LogP contribution in [0.25, 0.3) is 11.3 Å². The summed E-state index contributed by atoms with van der Waals surface area (Å²) in [6.45, 7) is 4.76. The molecular formula is C33H43Br2N7O3S. The molecule has 0 spiro atoms. The highest BCUT2D eigenvalue weighted by molar-refractivity contribution is 9.11. The third kappa shape index (κ3) is 7.58. The van der Waals surface area contributed by atoms with Crippen molar-refractivity contribution in [2.75, 3.05) is 52.0 Å². The summed E-state index contributed by atoms with van der Waals surface area (Å²) >= 11 is 8.65. The molecule has 0 aliphatic carbocycles. The van der Waals surface area contributed by atoms with Crippen molar-refractivity contribution >= 4 is 60.8 Å². The van der Waals surface area contributed by atoms with Crippen LogP contribution < -0.4 is 16.7 Å². The molecule has 3 saturated heterocycles. The second-order valence-electron chi connectivity index (χ2n) is 13.1. The zero-order valence-electron chi connectivity index (χ0n) is 26.2. The molecule has 1 atom stereocenters. The second kappa shape index (κ2) is 14.7. The van der Waals surface area contributed by atoms with Crippen LogP contribution in [0.3, 0.4) is 0 Å². The fraction of sp³-hybridized carbons (Fsp3) is 0.545. The number of nitrogen functional groups attached to an aromatic ring is 1. The molecule has 2 aromatic heterocycles. The third-order valence-electron chi connectivity index (χ3n) is 10.2. The molecule has 0 radical (unpaired) electrons. The minimum atomic E-state index is -0.701. The molecule has 13 heteroatoms. The van der Waals surface area contributed by atoms with Crippen LogP contribution in [0.5, 0.6) is 0 Å². The van der Waals surface area contributed by atoms with E-state index in [1.165, 1.54) is 12.8 Å². The van der Waals surface area contributed by atoms with Crippen LogP contribution in [0.4, 0.5) is 10.5 Å². The molecule has 5 heterocycles. The summed E-state index contributed by atoms with van der Waals surface area (Å²) in [5.74, 6) is 1.36. The van der Waals surface area contributed by atoms with E-state index in [1.54, 1.807) is 20.8 Å². The van der Waals surface area contributed by atoms with Gasteiger partial charge >= 0.3 is 11.7 Å². The number of nitrogens with zero attached hydrogens (tertiary/aromatic N) is 4. The lowest BCUT2D eigenvalue weighted by Gasteiger charge is -2.40. The molecule has 248 valence electrons. The number of benzene rings is 1. The van der Waals surface area contributed by atoms with Gasteiger partial charge in [0.1, 0.15) is 6.04 Å². The zero-order valence-corrected chi connectivity index (χ0v) is 30.2. The van der Waals surface area contributed by atoms with Crippen LogP contribution in [0.1, 0.15) is 50.1 Å². The summed E-state index contributed by atoms with van der Waals surface area (Å²) < 4.78 is 3.26. The number of piperidine rings is 3. The SMILES string of the molecule is CN1CCC(C2CCN(C(=O)[C@H](Cc3cc(Br)c(N)c(Br)c3)NC(=O)N3CCC(n4cc(-c5ccsc5)[nH]c4=O)CC3)CC2)CC1. The summed E-state index contributed by atoms with van der Waals surface area (Å²) in [6, 6.07) is 4.89. The highest BCUT2D eigenvalue weighted by atomic mass is 79.9. The standard InChI is InChI=1S/C33H43Br2N7O3S/c1-39-9-2-22(3-10-39)23-4-11-40(12-5-23)31(43)28(18-21-16-26(34)30(36)27(35)17-21)37-32(44)41-13-6-25(7-14-41)42-19-29(38-33(42)45)24-8-15-46-20-24/h8,15-17,19-20,22-23,25,28H,2-7,9-14,18,36H2,1H3,(H,37,44)(H,38,45)/t28-/m0/s1. The number of urea groups is 1. The number of anilines is 1. The van der Waals surface area contributed by atoms with Crippen LogP contribution in [0.15, 0.2) is 48.9 Å². The smallest absolute Gasteiger partial charge is 0.326 e. The number of aromatic nitrogens is 2. The number of hydrogen-bond donors (Lipinski definition) is 3. The van der Waals surface area contributed by atoms with Crippen molar-refractivity contribution in [3.05, 3.63) is 60.1 Å². The molecule has 3 aliphatic rings. The molecule has 3 amide bonds. The number of aromatic amines is 1. The Morgan fingerprint density at radius 3 is 2.20 bits per heavy atom. The quantitative estimate of drug-likeness (QED) is 0.272. The van der Waals surface area contributed by atoms with Crippen molar-refractivity contribution in [3.63, 3.8) is 0 Å². The van der Waals surface area contributed by atoms with Gasteiger partial charge in [-0.25, -0.2) is 9.59 Å². The molecule has 0 saturated carbocycles. The molecule has 3 aliphatic heterocycles. The predicted molar refractivity (Wildman–Crippen MR) is 190 cm³/mol. The van der Waals surface area contributed by atoms with Crippen molar-refractivity contribution in [1.82, 2.24) is 29.6 Å². The first-order valence-corrected chi connectivity index (χ1v) is 18.8. The molecule has 3 aromatic rings. The normalized spacial score (nSPS) is 19.8. The van der Waals surface area contributed by atoms with Gasteiger partial charge in [-0.05, 0) is 132 Å². The average molecular weight is 778 g/mol. The Hall–Kier alpha value is -2.61. The van der Waals surface area contributed by atoms with Gasteiger partial charge in [0.15, 0.2) is 0 Å². The summed E-state index contributed by atoms with van der Waals surface area (Å²) in [7, 11) is 2.19. The van der Waals surface area contributed by atoms with Gasteiger partial charge in [-0.15, -0.1) is 0 Å². The van der Waals surface area contributed by atoms with E-state index in [-0.39, 0.29) is 23.7 Å². The number of thiophene rings is 1. The Bertz CT molecular complexity index is 1540. The summed E-state index contributed by atoms with van der Waals surface area (Å²) in [5.41, 5.74) is 9.31. The number of imidazole rings is 1. The van der Waals surface area contributed by atoms with Crippen molar-refractivity contribution in [2.24, 2.45) is 11.8 Å². The fourth-order valence-corrected chi connectivity index (χ4v) is 9.27. The van der Waals surface area contributed by atoms with Crippen molar-refractivity contribution in [2.45, 2.75) is 57.0 Å². The highest BCUT2D eigenvalue weighted by Crippen LogP contribution is 2.33. The second-order valence-corrected chi connectivity index (χ2v) is 15.6. The molecule has 10 nitrogen and oxygen atoms in total. The molecule has 0 unspecified atom stereocenters. The van der Waals surface area contributed by atoms with Crippen molar-refractivity contribution < 1.29 is 9.59 Å². The van der Waals surface area contributed by atoms with Gasteiger partial charge in [-0.2, -0.15) is 11.3 Å². The van der Waals surface area contributed by atoms with Gasteiger partial charge in [-0.3, -0.25) is 9.36 Å². The van der Waals surface area contributed by atoms with Crippen LogP contribution in [-0.4, -0.2) is 88.5 Å². The Balaban J connectivity index is 1.10. The van der Waals surface area contributed by atoms with E-state index >= 15 is 0 Å². The molecular weight excluding hydrogens is 734 g/mol. The number of nitrogens with one attached hydrogen (secondary N) is 2. The lowest BCUT2D eigenvalue weighted by Crippen LogP contribution is -2.55. The number of halogens is 2. The van der Waals surface area contributed by atoms with Gasteiger partial charge in [0, 0.05) is 64.7 Å². The highest BCUT2D eigenvalue weighted by Gasteiger charge is 2.34. The molecule has 46 heavy (non-hydrogen) atoms. The number of likely N-dealkylation sites (tertiary alicyclic amines) is 3. The molecule has 1 aromatic carbocycles. The maximum Gasteiger partial charge on any atom is 0.326 e. The first-order chi connectivity index (χ1) is 22.2. The number of carbonyl (C=O) groups is 2. The summed E-state index contributed by atoms with van der Waals surface area (Å²) in [6.07, 6.45) is 8.07. The minimum absolute atomic E-state index is 0.00736. The molecule has 4 N–H and O–H groups in total. The Kier molecular flexibility index (Phi) is 10.6.